The Balaban J connectivity index is 1.60. The van der Waals surface area contributed by atoms with Crippen LogP contribution >= 0.6 is 0 Å². The van der Waals surface area contributed by atoms with Gasteiger partial charge in [0.25, 0.3) is 0 Å². The van der Waals surface area contributed by atoms with Crippen LogP contribution in [0.25, 0.3) is 0 Å². The van der Waals surface area contributed by atoms with Crippen molar-refractivity contribution in [2.75, 3.05) is 32.7 Å². The average Bonchev–Trinajstić information content (AvgIpc) is 2.84. The minimum Gasteiger partial charge on any atom is -0.356 e. The second-order valence-electron chi connectivity index (χ2n) is 7.34. The fraction of sp³-hybridized carbons (Fsp3) is 0.889. The first-order chi connectivity index (χ1) is 11.1. The van der Waals surface area contributed by atoms with Gasteiger partial charge in [0.1, 0.15) is 0 Å². The second kappa shape index (κ2) is 9.26. The van der Waals surface area contributed by atoms with Gasteiger partial charge in [-0.3, -0.25) is 9.59 Å². The van der Waals surface area contributed by atoms with E-state index in [1.807, 2.05) is 4.90 Å². The van der Waals surface area contributed by atoms with Crippen molar-refractivity contribution in [1.82, 2.24) is 15.1 Å². The van der Waals surface area contributed by atoms with E-state index in [0.717, 1.165) is 52.0 Å². The van der Waals surface area contributed by atoms with Gasteiger partial charge in [-0.2, -0.15) is 0 Å². The van der Waals surface area contributed by atoms with Crippen molar-refractivity contribution in [3.05, 3.63) is 0 Å². The molecule has 0 aromatic heterocycles. The number of nitrogens with one attached hydrogen (secondary N) is 1. The van der Waals surface area contributed by atoms with Gasteiger partial charge in [0.05, 0.1) is 0 Å². The highest BCUT2D eigenvalue weighted by atomic mass is 16.2. The molecule has 0 spiro atoms. The lowest BCUT2D eigenvalue weighted by Crippen LogP contribution is -2.35. The normalized spacial score (nSPS) is 23.1. The summed E-state index contributed by atoms with van der Waals surface area (Å²) in [4.78, 5) is 28.5. The van der Waals surface area contributed by atoms with Crippen molar-refractivity contribution in [2.45, 2.75) is 64.8 Å². The van der Waals surface area contributed by atoms with Crippen LogP contribution in [0.15, 0.2) is 0 Å². The van der Waals surface area contributed by atoms with Crippen LogP contribution in [-0.2, 0) is 9.59 Å². The molecule has 0 aliphatic carbocycles. The Morgan fingerprint density at radius 3 is 2.35 bits per heavy atom. The van der Waals surface area contributed by atoms with Crippen LogP contribution in [0.1, 0.15) is 58.8 Å². The van der Waals surface area contributed by atoms with E-state index in [2.05, 4.69) is 24.1 Å². The Morgan fingerprint density at radius 2 is 1.74 bits per heavy atom. The van der Waals surface area contributed by atoms with Crippen molar-refractivity contribution in [3.8, 4) is 0 Å². The molecule has 5 heteroatoms. The average molecular weight is 323 g/mol. The molecule has 2 heterocycles. The van der Waals surface area contributed by atoms with Crippen molar-refractivity contribution in [3.63, 3.8) is 0 Å². The molecule has 2 saturated heterocycles. The number of hydrogen-bond acceptors (Lipinski definition) is 3. The van der Waals surface area contributed by atoms with Crippen LogP contribution in [0, 0.1) is 5.92 Å². The molecule has 0 aromatic rings. The minimum absolute atomic E-state index is 0.0242. The van der Waals surface area contributed by atoms with E-state index in [4.69, 9.17) is 0 Å². The highest BCUT2D eigenvalue weighted by molar-refractivity contribution is 5.83. The lowest BCUT2D eigenvalue weighted by Gasteiger charge is -2.21. The second-order valence-corrected chi connectivity index (χ2v) is 7.34. The quantitative estimate of drug-likeness (QED) is 0.813. The summed E-state index contributed by atoms with van der Waals surface area (Å²) in [5.74, 6) is 0.729. The fourth-order valence-corrected chi connectivity index (χ4v) is 3.54. The third-order valence-corrected chi connectivity index (χ3v) is 5.16. The Bertz CT molecular complexity index is 390. The van der Waals surface area contributed by atoms with Crippen LogP contribution in [0.4, 0.5) is 0 Å². The molecule has 0 radical (unpaired) electrons. The molecule has 0 unspecified atom stereocenters. The smallest absolute Gasteiger partial charge is 0.223 e. The van der Waals surface area contributed by atoms with Gasteiger partial charge in [-0.25, -0.2) is 0 Å². The molecule has 2 fully saturated rings. The standard InChI is InChI=1S/C18H33N3O2/c1-15(2)21-12-9-16(14-21)13-19-17(22)7-8-18(23)20-10-5-3-4-6-11-20/h15-16H,3-14H2,1-2H3,(H,19,22)/t16-/m1/s1. The van der Waals surface area contributed by atoms with Crippen molar-refractivity contribution < 1.29 is 9.59 Å². The lowest BCUT2D eigenvalue weighted by molar-refractivity contribution is -0.133. The number of carbonyl (C=O) groups excluding carboxylic acids is 2. The third-order valence-electron chi connectivity index (χ3n) is 5.16. The molecule has 2 aliphatic heterocycles. The Kier molecular flexibility index (Phi) is 7.34. The predicted octanol–water partition coefficient (Wildman–Crippen LogP) is 2.02. The molecule has 0 aromatic carbocycles. The van der Waals surface area contributed by atoms with Gasteiger partial charge < -0.3 is 15.1 Å². The zero-order valence-corrected chi connectivity index (χ0v) is 14.9. The first-order valence-corrected chi connectivity index (χ1v) is 9.35. The summed E-state index contributed by atoms with van der Waals surface area (Å²) >= 11 is 0. The highest BCUT2D eigenvalue weighted by Gasteiger charge is 2.24. The number of rotatable bonds is 6. The molecule has 0 bridgehead atoms. The van der Waals surface area contributed by atoms with Gasteiger partial charge in [-0.15, -0.1) is 0 Å². The van der Waals surface area contributed by atoms with Crippen molar-refractivity contribution >= 4 is 11.8 Å². The summed E-state index contributed by atoms with van der Waals surface area (Å²) < 4.78 is 0. The van der Waals surface area contributed by atoms with Gasteiger partial charge in [0.2, 0.25) is 11.8 Å². The molecule has 0 saturated carbocycles. The van der Waals surface area contributed by atoms with E-state index < -0.39 is 0 Å². The molecule has 5 nitrogen and oxygen atoms in total. The van der Waals surface area contributed by atoms with Gasteiger partial charge in [0, 0.05) is 45.1 Å². The zero-order valence-electron chi connectivity index (χ0n) is 14.9. The maximum Gasteiger partial charge on any atom is 0.223 e. The van der Waals surface area contributed by atoms with Crippen LogP contribution in [-0.4, -0.2) is 60.4 Å². The van der Waals surface area contributed by atoms with Gasteiger partial charge >= 0.3 is 0 Å². The Hall–Kier alpha value is -1.10. The fourth-order valence-electron chi connectivity index (χ4n) is 3.54. The first-order valence-electron chi connectivity index (χ1n) is 9.35. The number of carbonyl (C=O) groups is 2. The molecule has 2 aliphatic rings. The van der Waals surface area contributed by atoms with Gasteiger partial charge in [0.15, 0.2) is 0 Å². The largest absolute Gasteiger partial charge is 0.356 e. The van der Waals surface area contributed by atoms with Crippen LogP contribution in [0.2, 0.25) is 0 Å². The van der Waals surface area contributed by atoms with E-state index in [1.54, 1.807) is 0 Å². The van der Waals surface area contributed by atoms with Gasteiger partial charge in [-0.05, 0) is 45.6 Å². The topological polar surface area (TPSA) is 52.7 Å². The van der Waals surface area contributed by atoms with E-state index in [9.17, 15) is 9.59 Å². The zero-order chi connectivity index (χ0) is 16.7. The third kappa shape index (κ3) is 6.13. The van der Waals surface area contributed by atoms with E-state index in [-0.39, 0.29) is 11.8 Å². The molecule has 132 valence electrons. The molecule has 1 atom stereocenters. The van der Waals surface area contributed by atoms with Crippen molar-refractivity contribution in [1.29, 1.82) is 0 Å². The molecular formula is C18H33N3O2. The highest BCUT2D eigenvalue weighted by Crippen LogP contribution is 2.17. The van der Waals surface area contributed by atoms with Crippen molar-refractivity contribution in [2.24, 2.45) is 5.92 Å². The molecule has 23 heavy (non-hydrogen) atoms. The Morgan fingerprint density at radius 1 is 1.04 bits per heavy atom. The van der Waals surface area contributed by atoms with E-state index in [1.165, 1.54) is 12.8 Å². The summed E-state index contributed by atoms with van der Waals surface area (Å²) in [6.45, 7) is 9.13. The molecule has 2 rings (SSSR count). The minimum atomic E-state index is 0.0242. The van der Waals surface area contributed by atoms with Crippen LogP contribution < -0.4 is 5.32 Å². The van der Waals surface area contributed by atoms with Gasteiger partial charge in [-0.1, -0.05) is 12.8 Å². The predicted molar refractivity (Wildman–Crippen MR) is 92.1 cm³/mol. The molecule has 1 N–H and O–H groups in total. The number of hydrogen-bond donors (Lipinski definition) is 1. The number of amides is 2. The van der Waals surface area contributed by atoms with Crippen LogP contribution in [0.5, 0.6) is 0 Å². The van der Waals surface area contributed by atoms with E-state index in [0.29, 0.717) is 24.8 Å². The summed E-state index contributed by atoms with van der Waals surface area (Å²) in [5.41, 5.74) is 0. The maximum atomic E-state index is 12.2. The summed E-state index contributed by atoms with van der Waals surface area (Å²) in [6.07, 6.45) is 6.49. The maximum absolute atomic E-state index is 12.2. The number of likely N-dealkylation sites (tertiary alicyclic amines) is 2. The molecule has 2 amide bonds. The van der Waals surface area contributed by atoms with E-state index >= 15 is 0 Å². The monoisotopic (exact) mass is 323 g/mol. The summed E-state index contributed by atoms with van der Waals surface area (Å²) in [6, 6.07) is 0.585. The molecular weight excluding hydrogens is 290 g/mol. The lowest BCUT2D eigenvalue weighted by atomic mass is 10.1. The number of nitrogens with zero attached hydrogens (tertiary/aromatic N) is 2. The SMILES string of the molecule is CC(C)N1CC[C@H](CNC(=O)CCC(=O)N2CCCCCC2)C1. The summed E-state index contributed by atoms with van der Waals surface area (Å²) in [5, 5.41) is 3.02. The first kappa shape index (κ1) is 18.2. The summed E-state index contributed by atoms with van der Waals surface area (Å²) in [7, 11) is 0. The van der Waals surface area contributed by atoms with Crippen LogP contribution in [0.3, 0.4) is 0 Å². The Labute approximate surface area is 140 Å².